The zero-order valence-electron chi connectivity index (χ0n) is 15.1. The van der Waals surface area contributed by atoms with Crippen molar-refractivity contribution in [3.8, 4) is 0 Å². The normalized spacial score (nSPS) is 12.6. The van der Waals surface area contributed by atoms with Crippen LogP contribution in [0, 0.1) is 5.92 Å². The lowest BCUT2D eigenvalue weighted by atomic mass is 10.0. The van der Waals surface area contributed by atoms with E-state index in [-0.39, 0.29) is 36.4 Å². The van der Waals surface area contributed by atoms with Gasteiger partial charge in [-0.15, -0.1) is 24.0 Å². The highest BCUT2D eigenvalue weighted by Gasteiger charge is 2.08. The van der Waals surface area contributed by atoms with Gasteiger partial charge in [0.2, 0.25) is 5.91 Å². The van der Waals surface area contributed by atoms with Gasteiger partial charge in [-0.05, 0) is 25.7 Å². The van der Waals surface area contributed by atoms with Crippen molar-refractivity contribution >= 4 is 35.8 Å². The van der Waals surface area contributed by atoms with Crippen LogP contribution in [0.3, 0.4) is 0 Å². The van der Waals surface area contributed by atoms with Crippen molar-refractivity contribution in [2.24, 2.45) is 10.9 Å². The quantitative estimate of drug-likeness (QED) is 0.339. The van der Waals surface area contributed by atoms with Gasteiger partial charge in [0, 0.05) is 26.7 Å². The lowest BCUT2D eigenvalue weighted by molar-refractivity contribution is -0.127. The topological polar surface area (TPSA) is 56.7 Å². The van der Waals surface area contributed by atoms with Gasteiger partial charge < -0.3 is 15.5 Å². The van der Waals surface area contributed by atoms with E-state index in [1.807, 2.05) is 0 Å². The number of carbonyl (C=O) groups excluding carboxylic acids is 1. The first kappa shape index (κ1) is 23.7. The van der Waals surface area contributed by atoms with E-state index in [2.05, 4.69) is 43.3 Å². The Morgan fingerprint density at radius 1 is 1.18 bits per heavy atom. The fraction of sp³-hybridized carbons (Fsp3) is 0.875. The molecule has 5 nitrogen and oxygen atoms in total. The third kappa shape index (κ3) is 13.2. The SMILES string of the molecule is CCCNC(=NCC(=O)N(C)C)NC(C)CCCC(C)C.I. The summed E-state index contributed by atoms with van der Waals surface area (Å²) in [7, 11) is 3.50. The van der Waals surface area contributed by atoms with Gasteiger partial charge in [0.05, 0.1) is 0 Å². The average molecular weight is 426 g/mol. The number of rotatable bonds is 9. The Balaban J connectivity index is 0. The lowest BCUT2D eigenvalue weighted by Gasteiger charge is -2.19. The third-order valence-electron chi connectivity index (χ3n) is 3.22. The van der Waals surface area contributed by atoms with Crippen molar-refractivity contribution in [2.45, 2.75) is 59.4 Å². The summed E-state index contributed by atoms with van der Waals surface area (Å²) in [5, 5.41) is 6.65. The van der Waals surface area contributed by atoms with Crippen LogP contribution in [0.1, 0.15) is 53.4 Å². The third-order valence-corrected chi connectivity index (χ3v) is 3.22. The number of amides is 1. The molecule has 1 unspecified atom stereocenters. The first-order chi connectivity index (χ1) is 9.86. The van der Waals surface area contributed by atoms with Gasteiger partial charge in [0.15, 0.2) is 5.96 Å². The summed E-state index contributed by atoms with van der Waals surface area (Å²) < 4.78 is 0. The molecule has 0 aliphatic rings. The van der Waals surface area contributed by atoms with Crippen LogP contribution in [0.2, 0.25) is 0 Å². The van der Waals surface area contributed by atoms with Crippen molar-refractivity contribution in [1.29, 1.82) is 0 Å². The van der Waals surface area contributed by atoms with Crippen LogP contribution in [0.15, 0.2) is 4.99 Å². The van der Waals surface area contributed by atoms with Crippen molar-refractivity contribution in [3.63, 3.8) is 0 Å². The second kappa shape index (κ2) is 14.1. The zero-order valence-corrected chi connectivity index (χ0v) is 17.4. The maximum atomic E-state index is 11.6. The molecule has 1 amide bonds. The van der Waals surface area contributed by atoms with E-state index in [9.17, 15) is 4.79 Å². The molecule has 0 aliphatic heterocycles. The number of likely N-dealkylation sites (N-methyl/N-ethyl adjacent to an activating group) is 1. The second-order valence-corrected chi connectivity index (χ2v) is 6.25. The van der Waals surface area contributed by atoms with Crippen molar-refractivity contribution in [3.05, 3.63) is 0 Å². The lowest BCUT2D eigenvalue weighted by Crippen LogP contribution is -2.43. The van der Waals surface area contributed by atoms with Crippen LogP contribution in [-0.4, -0.2) is 50.0 Å². The molecule has 22 heavy (non-hydrogen) atoms. The van der Waals surface area contributed by atoms with Crippen molar-refractivity contribution < 1.29 is 4.79 Å². The minimum absolute atomic E-state index is 0. The molecular weight excluding hydrogens is 391 g/mol. The minimum Gasteiger partial charge on any atom is -0.356 e. The predicted molar refractivity (Wildman–Crippen MR) is 106 cm³/mol. The van der Waals surface area contributed by atoms with Gasteiger partial charge in [-0.2, -0.15) is 0 Å². The first-order valence-corrected chi connectivity index (χ1v) is 8.11. The number of halogens is 1. The van der Waals surface area contributed by atoms with Crippen LogP contribution in [0.4, 0.5) is 0 Å². The van der Waals surface area contributed by atoms with E-state index in [0.29, 0.717) is 6.04 Å². The molecule has 0 saturated heterocycles. The van der Waals surface area contributed by atoms with E-state index in [4.69, 9.17) is 0 Å². The molecule has 0 aromatic rings. The summed E-state index contributed by atoms with van der Waals surface area (Å²) in [5.74, 6) is 1.51. The smallest absolute Gasteiger partial charge is 0.243 e. The molecule has 0 spiro atoms. The molecule has 0 bridgehead atoms. The molecule has 0 rings (SSSR count). The molecule has 132 valence electrons. The monoisotopic (exact) mass is 426 g/mol. The Kier molecular flexibility index (Phi) is 15.2. The van der Waals surface area contributed by atoms with Crippen LogP contribution >= 0.6 is 24.0 Å². The number of carbonyl (C=O) groups is 1. The van der Waals surface area contributed by atoms with Crippen LogP contribution in [-0.2, 0) is 4.79 Å². The van der Waals surface area contributed by atoms with Crippen molar-refractivity contribution in [2.75, 3.05) is 27.2 Å². The highest BCUT2D eigenvalue weighted by molar-refractivity contribution is 14.0. The maximum Gasteiger partial charge on any atom is 0.243 e. The number of guanidine groups is 1. The highest BCUT2D eigenvalue weighted by Crippen LogP contribution is 2.08. The molecule has 2 N–H and O–H groups in total. The summed E-state index contributed by atoms with van der Waals surface area (Å²) in [6.45, 7) is 9.83. The number of nitrogens with zero attached hydrogens (tertiary/aromatic N) is 2. The van der Waals surface area contributed by atoms with Gasteiger partial charge >= 0.3 is 0 Å². The summed E-state index contributed by atoms with van der Waals surface area (Å²) in [5.41, 5.74) is 0. The molecule has 0 radical (unpaired) electrons. The van der Waals surface area contributed by atoms with Crippen LogP contribution in [0.5, 0.6) is 0 Å². The molecule has 1 atom stereocenters. The second-order valence-electron chi connectivity index (χ2n) is 6.25. The van der Waals surface area contributed by atoms with Gasteiger partial charge in [-0.1, -0.05) is 33.6 Å². The Hall–Kier alpha value is -0.530. The molecule has 0 saturated carbocycles. The Labute approximate surface area is 153 Å². The van der Waals surface area contributed by atoms with Gasteiger partial charge in [0.1, 0.15) is 6.54 Å². The molecule has 0 heterocycles. The molecular formula is C16H35IN4O. The number of hydrogen-bond acceptors (Lipinski definition) is 2. The van der Waals surface area contributed by atoms with E-state index in [1.54, 1.807) is 19.0 Å². The van der Waals surface area contributed by atoms with E-state index in [1.165, 1.54) is 12.8 Å². The molecule has 0 aliphatic carbocycles. The largest absolute Gasteiger partial charge is 0.356 e. The van der Waals surface area contributed by atoms with Crippen LogP contribution in [0.25, 0.3) is 0 Å². The average Bonchev–Trinajstić information content (AvgIpc) is 2.40. The minimum atomic E-state index is 0. The molecule has 0 aromatic heterocycles. The molecule has 6 heteroatoms. The van der Waals surface area contributed by atoms with Gasteiger partial charge in [0.25, 0.3) is 0 Å². The summed E-state index contributed by atoms with van der Waals surface area (Å²) in [4.78, 5) is 17.5. The fourth-order valence-corrected chi connectivity index (χ4v) is 1.82. The standard InChI is InChI=1S/C16H34N4O.HI/c1-7-11-17-16(18-12-15(21)20(5)6)19-14(4)10-8-9-13(2)3;/h13-14H,7-12H2,1-6H3,(H2,17,18,19);1H. The molecule has 0 aromatic carbocycles. The maximum absolute atomic E-state index is 11.6. The van der Waals surface area contributed by atoms with Crippen molar-refractivity contribution in [1.82, 2.24) is 15.5 Å². The fourth-order valence-electron chi connectivity index (χ4n) is 1.82. The first-order valence-electron chi connectivity index (χ1n) is 8.11. The highest BCUT2D eigenvalue weighted by atomic mass is 127. The van der Waals surface area contributed by atoms with Crippen LogP contribution < -0.4 is 10.6 Å². The summed E-state index contributed by atoms with van der Waals surface area (Å²) >= 11 is 0. The Morgan fingerprint density at radius 3 is 2.32 bits per heavy atom. The molecule has 0 fully saturated rings. The van der Waals surface area contributed by atoms with Gasteiger partial charge in [-0.3, -0.25) is 4.79 Å². The van der Waals surface area contributed by atoms with Gasteiger partial charge in [-0.25, -0.2) is 4.99 Å². The van der Waals surface area contributed by atoms with E-state index >= 15 is 0 Å². The Bertz CT molecular complexity index is 319. The van der Waals surface area contributed by atoms with E-state index < -0.39 is 0 Å². The summed E-state index contributed by atoms with van der Waals surface area (Å²) in [6.07, 6.45) is 4.61. The van der Waals surface area contributed by atoms with E-state index in [0.717, 1.165) is 31.3 Å². The Morgan fingerprint density at radius 2 is 1.82 bits per heavy atom. The summed E-state index contributed by atoms with van der Waals surface area (Å²) in [6, 6.07) is 0.362. The number of nitrogens with one attached hydrogen (secondary N) is 2. The predicted octanol–water partition coefficient (Wildman–Crippen LogP) is 2.85. The number of hydrogen-bond donors (Lipinski definition) is 2. The zero-order chi connectivity index (χ0) is 16.3. The number of aliphatic imine (C=N–C) groups is 1.